The van der Waals surface area contributed by atoms with Crippen LogP contribution in [0.1, 0.15) is 36.0 Å². The van der Waals surface area contributed by atoms with Crippen molar-refractivity contribution in [3.8, 4) is 11.5 Å². The van der Waals surface area contributed by atoms with Gasteiger partial charge in [0.2, 0.25) is 5.91 Å². The largest absolute Gasteiger partial charge is 0.493 e. The Morgan fingerprint density at radius 3 is 2.35 bits per heavy atom. The predicted molar refractivity (Wildman–Crippen MR) is 174 cm³/mol. The summed E-state index contributed by atoms with van der Waals surface area (Å²) in [6, 6.07) is 27.1. The van der Waals surface area contributed by atoms with Gasteiger partial charge in [-0.25, -0.2) is 0 Å². The van der Waals surface area contributed by atoms with Crippen molar-refractivity contribution in [2.45, 2.75) is 38.6 Å². The Balaban J connectivity index is 1.07. The lowest BCUT2D eigenvalue weighted by molar-refractivity contribution is -0.115. The van der Waals surface area contributed by atoms with Gasteiger partial charge < -0.3 is 24.7 Å². The number of rotatable bonds is 13. The molecule has 7 nitrogen and oxygen atoms in total. The number of H-pyrrole nitrogens is 1. The number of fused-ring (bicyclic) bond motifs is 2. The SMILES string of the molecule is COc1ccc(CN(C)CCCCCc2ccc(NC(=O)Cc3cccc4c(=O)c5ccccc5[nH]c34)cc2)cc1OC. The van der Waals surface area contributed by atoms with Gasteiger partial charge in [-0.2, -0.15) is 0 Å². The molecule has 0 aliphatic rings. The Morgan fingerprint density at radius 1 is 0.814 bits per heavy atom. The molecule has 1 amide bonds. The maximum absolute atomic E-state index is 13.0. The second-order valence-electron chi connectivity index (χ2n) is 11.0. The summed E-state index contributed by atoms with van der Waals surface area (Å²) in [5.74, 6) is 1.39. The number of aromatic nitrogens is 1. The highest BCUT2D eigenvalue weighted by Gasteiger charge is 2.12. The molecule has 1 heterocycles. The molecule has 43 heavy (non-hydrogen) atoms. The Morgan fingerprint density at radius 2 is 1.56 bits per heavy atom. The summed E-state index contributed by atoms with van der Waals surface area (Å²) in [7, 11) is 5.46. The van der Waals surface area contributed by atoms with Gasteiger partial charge >= 0.3 is 0 Å². The molecule has 0 spiro atoms. The number of nitrogens with zero attached hydrogens (tertiary/aromatic N) is 1. The molecule has 5 rings (SSSR count). The minimum Gasteiger partial charge on any atom is -0.493 e. The fourth-order valence-electron chi connectivity index (χ4n) is 5.54. The molecule has 0 saturated heterocycles. The molecule has 0 aliphatic carbocycles. The van der Waals surface area contributed by atoms with E-state index in [1.807, 2.05) is 60.7 Å². The minimum absolute atomic E-state index is 0.0242. The predicted octanol–water partition coefficient (Wildman–Crippen LogP) is 6.72. The van der Waals surface area contributed by atoms with E-state index in [0.717, 1.165) is 67.0 Å². The molecule has 5 aromatic rings. The molecule has 0 bridgehead atoms. The highest BCUT2D eigenvalue weighted by atomic mass is 16.5. The standard InChI is InChI=1S/C36H39N3O4/c1-39(24-26-17-20-32(42-2)33(22-26)43-3)21-8-4-5-10-25-15-18-28(19-16-25)37-34(40)23-27-11-9-13-30-35(27)38-31-14-7-6-12-29(31)36(30)41/h6-7,9,11-20,22H,4-5,8,10,21,23-24H2,1-3H3,(H,37,40)(H,38,41). The van der Waals surface area contributed by atoms with Crippen molar-refractivity contribution in [2.75, 3.05) is 33.1 Å². The lowest BCUT2D eigenvalue weighted by Crippen LogP contribution is -2.19. The van der Waals surface area contributed by atoms with Crippen molar-refractivity contribution in [3.05, 3.63) is 112 Å². The van der Waals surface area contributed by atoms with Gasteiger partial charge in [-0.3, -0.25) is 9.59 Å². The average Bonchev–Trinajstić information content (AvgIpc) is 3.02. The number of hydrogen-bond donors (Lipinski definition) is 2. The summed E-state index contributed by atoms with van der Waals surface area (Å²) in [5.41, 5.74) is 5.48. The van der Waals surface area contributed by atoms with Gasteiger partial charge in [0, 0.05) is 28.5 Å². The Bertz CT molecular complexity index is 1760. The number of nitrogens with one attached hydrogen (secondary N) is 2. The molecule has 0 atom stereocenters. The molecule has 2 N–H and O–H groups in total. The van der Waals surface area contributed by atoms with E-state index in [4.69, 9.17) is 9.47 Å². The number of ether oxygens (including phenoxy) is 2. The number of hydrogen-bond acceptors (Lipinski definition) is 5. The van der Waals surface area contributed by atoms with Crippen molar-refractivity contribution in [1.29, 1.82) is 0 Å². The number of benzene rings is 4. The van der Waals surface area contributed by atoms with Crippen LogP contribution in [-0.4, -0.2) is 43.6 Å². The molecular weight excluding hydrogens is 538 g/mol. The van der Waals surface area contributed by atoms with Gasteiger partial charge in [-0.05, 0) is 92.0 Å². The number of anilines is 1. The lowest BCUT2D eigenvalue weighted by Gasteiger charge is -2.17. The van der Waals surface area contributed by atoms with Gasteiger partial charge in [-0.15, -0.1) is 0 Å². The van der Waals surface area contributed by atoms with Crippen molar-refractivity contribution in [1.82, 2.24) is 9.88 Å². The Labute approximate surface area is 252 Å². The number of unbranched alkanes of at least 4 members (excludes halogenated alkanes) is 2. The molecule has 0 saturated carbocycles. The van der Waals surface area contributed by atoms with E-state index in [9.17, 15) is 9.59 Å². The van der Waals surface area contributed by atoms with Crippen LogP contribution in [0.2, 0.25) is 0 Å². The van der Waals surface area contributed by atoms with Crippen molar-refractivity contribution < 1.29 is 14.3 Å². The third kappa shape index (κ3) is 7.43. The zero-order chi connectivity index (χ0) is 30.2. The summed E-state index contributed by atoms with van der Waals surface area (Å²) in [4.78, 5) is 31.6. The van der Waals surface area contributed by atoms with Crippen LogP contribution in [-0.2, 0) is 24.2 Å². The third-order valence-corrected chi connectivity index (χ3v) is 7.82. The number of aromatic amines is 1. The van der Waals surface area contributed by atoms with Crippen LogP contribution >= 0.6 is 0 Å². The summed E-state index contributed by atoms with van der Waals surface area (Å²) < 4.78 is 10.7. The molecule has 0 aliphatic heterocycles. The molecule has 0 fully saturated rings. The first-order valence-corrected chi connectivity index (χ1v) is 14.8. The van der Waals surface area contributed by atoms with E-state index in [0.29, 0.717) is 16.3 Å². The Kier molecular flexibility index (Phi) is 9.74. The molecule has 7 heteroatoms. The highest BCUT2D eigenvalue weighted by Crippen LogP contribution is 2.28. The number of carbonyl (C=O) groups excluding carboxylic acids is 1. The number of carbonyl (C=O) groups is 1. The maximum Gasteiger partial charge on any atom is 0.228 e. The number of pyridine rings is 1. The summed E-state index contributed by atoms with van der Waals surface area (Å²) in [5, 5.41) is 4.25. The van der Waals surface area contributed by atoms with Gasteiger partial charge in [0.15, 0.2) is 16.9 Å². The first-order valence-electron chi connectivity index (χ1n) is 14.8. The summed E-state index contributed by atoms with van der Waals surface area (Å²) in [6.45, 7) is 1.89. The molecular formula is C36H39N3O4. The van der Waals surface area contributed by atoms with Crippen LogP contribution in [0.4, 0.5) is 5.69 Å². The van der Waals surface area contributed by atoms with Crippen LogP contribution in [0.3, 0.4) is 0 Å². The van der Waals surface area contributed by atoms with Crippen LogP contribution in [0.25, 0.3) is 21.8 Å². The fourth-order valence-corrected chi connectivity index (χ4v) is 5.54. The van der Waals surface area contributed by atoms with E-state index in [2.05, 4.69) is 40.4 Å². The molecule has 4 aromatic carbocycles. The first-order chi connectivity index (χ1) is 20.9. The first kappa shape index (κ1) is 29.9. The molecule has 222 valence electrons. The Hall–Kier alpha value is -4.62. The quantitative estimate of drug-likeness (QED) is 0.120. The van der Waals surface area contributed by atoms with Crippen molar-refractivity contribution >= 4 is 33.4 Å². The monoisotopic (exact) mass is 577 g/mol. The number of amides is 1. The molecule has 0 unspecified atom stereocenters. The van der Waals surface area contributed by atoms with Crippen molar-refractivity contribution in [3.63, 3.8) is 0 Å². The van der Waals surface area contributed by atoms with Gasteiger partial charge in [-0.1, -0.05) is 48.9 Å². The number of para-hydroxylation sites is 2. The minimum atomic E-state index is -0.119. The van der Waals surface area contributed by atoms with Gasteiger partial charge in [0.25, 0.3) is 0 Å². The third-order valence-electron chi connectivity index (χ3n) is 7.82. The highest BCUT2D eigenvalue weighted by molar-refractivity contribution is 5.98. The second kappa shape index (κ2) is 14.0. The topological polar surface area (TPSA) is 83.7 Å². The van der Waals surface area contributed by atoms with Crippen LogP contribution in [0, 0.1) is 0 Å². The molecule has 0 radical (unpaired) electrons. The second-order valence-corrected chi connectivity index (χ2v) is 11.0. The zero-order valence-electron chi connectivity index (χ0n) is 25.1. The van der Waals surface area contributed by atoms with Crippen LogP contribution in [0.15, 0.2) is 89.7 Å². The number of methoxy groups -OCH3 is 2. The zero-order valence-corrected chi connectivity index (χ0v) is 25.1. The van der Waals surface area contributed by atoms with E-state index >= 15 is 0 Å². The van der Waals surface area contributed by atoms with Gasteiger partial charge in [0.05, 0.1) is 26.2 Å². The van der Waals surface area contributed by atoms with E-state index in [-0.39, 0.29) is 17.8 Å². The summed E-state index contributed by atoms with van der Waals surface area (Å²) in [6.07, 6.45) is 4.58. The van der Waals surface area contributed by atoms with Crippen LogP contribution < -0.4 is 20.2 Å². The van der Waals surface area contributed by atoms with Gasteiger partial charge in [0.1, 0.15) is 0 Å². The normalized spacial score (nSPS) is 11.3. The molecule has 1 aromatic heterocycles. The van der Waals surface area contributed by atoms with E-state index < -0.39 is 0 Å². The number of aryl methyl sites for hydroxylation is 1. The van der Waals surface area contributed by atoms with E-state index in [1.54, 1.807) is 20.3 Å². The fraction of sp³-hybridized carbons (Fsp3) is 0.278. The average molecular weight is 578 g/mol. The van der Waals surface area contributed by atoms with Crippen molar-refractivity contribution in [2.24, 2.45) is 0 Å². The smallest absolute Gasteiger partial charge is 0.228 e. The van der Waals surface area contributed by atoms with E-state index in [1.165, 1.54) is 11.1 Å². The summed E-state index contributed by atoms with van der Waals surface area (Å²) >= 11 is 0. The lowest BCUT2D eigenvalue weighted by atomic mass is 10.0. The van der Waals surface area contributed by atoms with Crippen LogP contribution in [0.5, 0.6) is 11.5 Å². The maximum atomic E-state index is 13.0.